The molecule has 12 heteroatoms. The molecule has 37 heavy (non-hydrogen) atoms. The van der Waals surface area contributed by atoms with Gasteiger partial charge in [-0.05, 0) is 52.7 Å². The first-order chi connectivity index (χ1) is 17.8. The number of hydrogen-bond acceptors (Lipinski definition) is 9. The number of aryl methyl sites for hydroxylation is 1. The van der Waals surface area contributed by atoms with Crippen LogP contribution in [0.1, 0.15) is 11.1 Å². The molecular weight excluding hydrogens is 564 g/mol. The molecule has 0 saturated carbocycles. The van der Waals surface area contributed by atoms with Gasteiger partial charge in [-0.2, -0.15) is 0 Å². The molecule has 1 N–H and O–H groups in total. The number of morpholine rings is 1. The first kappa shape index (κ1) is 27.1. The maximum absolute atomic E-state index is 12.9. The molecule has 4 rings (SSSR count). The van der Waals surface area contributed by atoms with Crippen LogP contribution in [0, 0.1) is 6.92 Å². The molecule has 10 nitrogen and oxygen atoms in total. The Morgan fingerprint density at radius 3 is 2.57 bits per heavy atom. The van der Waals surface area contributed by atoms with E-state index in [0.29, 0.717) is 22.7 Å². The van der Waals surface area contributed by atoms with Crippen LogP contribution < -0.4 is 18.9 Å². The van der Waals surface area contributed by atoms with Gasteiger partial charge >= 0.3 is 0 Å². The Hall–Kier alpha value is -2.93. The molecule has 0 radical (unpaired) electrons. The molecule has 2 aromatic carbocycles. The van der Waals surface area contributed by atoms with Crippen LogP contribution in [0.5, 0.6) is 17.4 Å². The standard InChI is InChI=1S/C25H29BrN4O6S/c1-18-3-6-20(7-4-18)37(31,32)29-24-25(28-23(26)16-27-24)36-17-19-5-8-21(33-2)22(15-19)35-14-11-30-9-12-34-13-10-30/h3-8,15-16H,9-14,17H2,1-2H3,(H,27,29). The molecule has 0 aliphatic carbocycles. The van der Waals surface area contributed by atoms with Gasteiger partial charge in [0, 0.05) is 19.6 Å². The lowest BCUT2D eigenvalue weighted by Crippen LogP contribution is -2.38. The third-order valence-corrected chi connectivity index (χ3v) is 7.38. The summed E-state index contributed by atoms with van der Waals surface area (Å²) >= 11 is 3.27. The second kappa shape index (κ2) is 12.5. The fraction of sp³-hybridized carbons (Fsp3) is 0.360. The van der Waals surface area contributed by atoms with Crippen molar-refractivity contribution in [3.8, 4) is 17.4 Å². The predicted octanol–water partition coefficient (Wildman–Crippen LogP) is 3.65. The highest BCUT2D eigenvalue weighted by Gasteiger charge is 2.19. The molecule has 1 aliphatic rings. The maximum atomic E-state index is 12.9. The van der Waals surface area contributed by atoms with Gasteiger partial charge < -0.3 is 18.9 Å². The van der Waals surface area contributed by atoms with Crippen molar-refractivity contribution in [2.24, 2.45) is 0 Å². The summed E-state index contributed by atoms with van der Waals surface area (Å²) in [7, 11) is -2.29. The molecule has 0 bridgehead atoms. The second-order valence-corrected chi connectivity index (χ2v) is 10.8. The third-order valence-electron chi connectivity index (χ3n) is 5.65. The number of benzene rings is 2. The van der Waals surface area contributed by atoms with Crippen LogP contribution >= 0.6 is 15.9 Å². The lowest BCUT2D eigenvalue weighted by molar-refractivity contribution is 0.0321. The molecule has 198 valence electrons. The van der Waals surface area contributed by atoms with Crippen molar-refractivity contribution in [3.63, 3.8) is 0 Å². The van der Waals surface area contributed by atoms with Crippen molar-refractivity contribution in [2.75, 3.05) is 51.3 Å². The zero-order valence-electron chi connectivity index (χ0n) is 20.6. The number of methoxy groups -OCH3 is 1. The second-order valence-electron chi connectivity index (χ2n) is 8.34. The quantitative estimate of drug-likeness (QED) is 0.356. The zero-order chi connectivity index (χ0) is 26.3. The van der Waals surface area contributed by atoms with E-state index in [0.717, 1.165) is 44.0 Å². The minimum atomic E-state index is -3.88. The summed E-state index contributed by atoms with van der Waals surface area (Å²) in [5.74, 6) is 1.23. The monoisotopic (exact) mass is 592 g/mol. The number of nitrogens with zero attached hydrogens (tertiary/aromatic N) is 3. The van der Waals surface area contributed by atoms with Crippen LogP contribution in [0.2, 0.25) is 0 Å². The molecule has 1 fully saturated rings. The smallest absolute Gasteiger partial charge is 0.263 e. The number of sulfonamides is 1. The van der Waals surface area contributed by atoms with Crippen molar-refractivity contribution >= 4 is 31.8 Å². The summed E-state index contributed by atoms with van der Waals surface area (Å²) < 4.78 is 51.3. The summed E-state index contributed by atoms with van der Waals surface area (Å²) in [5, 5.41) is 0. The highest BCUT2D eigenvalue weighted by atomic mass is 79.9. The van der Waals surface area contributed by atoms with Gasteiger partial charge in [0.25, 0.3) is 15.9 Å². The van der Waals surface area contributed by atoms with Gasteiger partial charge in [-0.15, -0.1) is 0 Å². The Balaban J connectivity index is 1.44. The zero-order valence-corrected chi connectivity index (χ0v) is 23.0. The molecule has 0 amide bonds. The molecule has 1 saturated heterocycles. The van der Waals surface area contributed by atoms with E-state index in [1.165, 1.54) is 18.3 Å². The number of aromatic nitrogens is 2. The summed E-state index contributed by atoms with van der Waals surface area (Å²) in [6, 6.07) is 12.0. The van der Waals surface area contributed by atoms with E-state index in [9.17, 15) is 8.42 Å². The predicted molar refractivity (Wildman–Crippen MR) is 142 cm³/mol. The van der Waals surface area contributed by atoms with Gasteiger partial charge in [0.15, 0.2) is 11.5 Å². The first-order valence-electron chi connectivity index (χ1n) is 11.7. The van der Waals surface area contributed by atoms with Crippen LogP contribution in [-0.2, 0) is 21.4 Å². The van der Waals surface area contributed by atoms with Gasteiger partial charge in [-0.1, -0.05) is 23.8 Å². The molecule has 0 spiro atoms. The molecular formula is C25H29BrN4O6S. The van der Waals surface area contributed by atoms with Gasteiger partial charge in [-0.3, -0.25) is 9.62 Å². The highest BCUT2D eigenvalue weighted by molar-refractivity contribution is 9.10. The van der Waals surface area contributed by atoms with E-state index in [-0.39, 0.29) is 23.2 Å². The normalized spacial score (nSPS) is 14.2. The van der Waals surface area contributed by atoms with Crippen LogP contribution in [-0.4, -0.2) is 69.9 Å². The summed E-state index contributed by atoms with van der Waals surface area (Å²) in [4.78, 5) is 10.8. The Kier molecular flexibility index (Phi) is 9.19. The number of anilines is 1. The minimum absolute atomic E-state index is 0.0146. The number of rotatable bonds is 11. The van der Waals surface area contributed by atoms with Crippen molar-refractivity contribution < 1.29 is 27.4 Å². The third kappa shape index (κ3) is 7.54. The Bertz CT molecular complexity index is 1300. The van der Waals surface area contributed by atoms with E-state index in [2.05, 4.69) is 35.5 Å². The number of hydrogen-bond donors (Lipinski definition) is 1. The van der Waals surface area contributed by atoms with E-state index < -0.39 is 10.0 Å². The average molecular weight is 594 g/mol. The Morgan fingerprint density at radius 1 is 1.08 bits per heavy atom. The molecule has 1 aromatic heterocycles. The summed E-state index contributed by atoms with van der Waals surface area (Å²) in [6.45, 7) is 6.52. The van der Waals surface area contributed by atoms with E-state index in [1.54, 1.807) is 25.3 Å². The molecule has 1 aliphatic heterocycles. The SMILES string of the molecule is COc1ccc(COc2nc(Br)cnc2NS(=O)(=O)c2ccc(C)cc2)cc1OCCN1CCOCC1. The van der Waals surface area contributed by atoms with Crippen molar-refractivity contribution in [1.29, 1.82) is 0 Å². The summed E-state index contributed by atoms with van der Waals surface area (Å²) in [6.07, 6.45) is 1.40. The van der Waals surface area contributed by atoms with Crippen molar-refractivity contribution in [1.82, 2.24) is 14.9 Å². The van der Waals surface area contributed by atoms with E-state index in [1.807, 2.05) is 19.1 Å². The van der Waals surface area contributed by atoms with Crippen LogP contribution in [0.3, 0.4) is 0 Å². The average Bonchev–Trinajstić information content (AvgIpc) is 2.89. The number of halogens is 1. The number of ether oxygens (including phenoxy) is 4. The molecule has 0 unspecified atom stereocenters. The topological polar surface area (TPSA) is 112 Å². The Morgan fingerprint density at radius 2 is 1.84 bits per heavy atom. The van der Waals surface area contributed by atoms with Crippen molar-refractivity contribution in [3.05, 3.63) is 64.4 Å². The minimum Gasteiger partial charge on any atom is -0.493 e. The largest absolute Gasteiger partial charge is 0.493 e. The van der Waals surface area contributed by atoms with Gasteiger partial charge in [0.2, 0.25) is 5.82 Å². The molecule has 0 atom stereocenters. The highest BCUT2D eigenvalue weighted by Crippen LogP contribution is 2.30. The van der Waals surface area contributed by atoms with Crippen LogP contribution in [0.25, 0.3) is 0 Å². The van der Waals surface area contributed by atoms with Crippen LogP contribution in [0.15, 0.2) is 58.2 Å². The fourth-order valence-electron chi connectivity index (χ4n) is 3.61. The van der Waals surface area contributed by atoms with Gasteiger partial charge in [0.1, 0.15) is 17.8 Å². The lowest BCUT2D eigenvalue weighted by Gasteiger charge is -2.26. The summed E-state index contributed by atoms with van der Waals surface area (Å²) in [5.41, 5.74) is 1.74. The first-order valence-corrected chi connectivity index (χ1v) is 14.0. The Labute approximate surface area is 225 Å². The fourth-order valence-corrected chi connectivity index (χ4v) is 4.88. The maximum Gasteiger partial charge on any atom is 0.263 e. The molecule has 2 heterocycles. The van der Waals surface area contributed by atoms with E-state index >= 15 is 0 Å². The lowest BCUT2D eigenvalue weighted by atomic mass is 10.2. The van der Waals surface area contributed by atoms with Crippen molar-refractivity contribution in [2.45, 2.75) is 18.4 Å². The number of nitrogens with one attached hydrogen (secondary N) is 1. The van der Waals surface area contributed by atoms with Gasteiger partial charge in [0.05, 0.1) is 31.4 Å². The van der Waals surface area contributed by atoms with E-state index in [4.69, 9.17) is 18.9 Å². The van der Waals surface area contributed by atoms with Gasteiger partial charge in [-0.25, -0.2) is 18.4 Å². The molecule has 3 aromatic rings. The van der Waals surface area contributed by atoms with Crippen LogP contribution in [0.4, 0.5) is 5.82 Å².